The molecule has 0 fully saturated rings. The zero-order chi connectivity index (χ0) is 22.7. The highest BCUT2D eigenvalue weighted by molar-refractivity contribution is 7.90. The number of nitrogens with zero attached hydrogens (tertiary/aromatic N) is 2. The van der Waals surface area contributed by atoms with E-state index in [1.165, 1.54) is 47.3 Å². The molecule has 4 aromatic rings. The summed E-state index contributed by atoms with van der Waals surface area (Å²) in [6.07, 6.45) is 2.57. The third-order valence-electron chi connectivity index (χ3n) is 4.78. The molecule has 3 aromatic carbocycles. The molecule has 0 aliphatic heterocycles. The molecule has 162 valence electrons. The minimum Gasteiger partial charge on any atom is -0.451 e. The summed E-state index contributed by atoms with van der Waals surface area (Å²) in [4.78, 5) is 13.4. The topological polar surface area (TPSA) is 78.3 Å². The maximum Gasteiger partial charge on any atom is 0.310 e. The molecule has 0 radical (unpaired) electrons. The normalized spacial score (nSPS) is 11.3. The molecule has 0 aliphatic rings. The van der Waals surface area contributed by atoms with Gasteiger partial charge in [-0.05, 0) is 47.5 Å². The van der Waals surface area contributed by atoms with Crippen LogP contribution in [0.4, 0.5) is 4.39 Å². The lowest BCUT2D eigenvalue weighted by molar-refractivity contribution is 0.459. The Morgan fingerprint density at radius 2 is 1.69 bits per heavy atom. The van der Waals surface area contributed by atoms with Gasteiger partial charge in [0.25, 0.3) is 0 Å². The summed E-state index contributed by atoms with van der Waals surface area (Å²) < 4.78 is 44.4. The third kappa shape index (κ3) is 4.76. The summed E-state index contributed by atoms with van der Waals surface area (Å²) in [6.45, 7) is 0.225. The van der Waals surface area contributed by atoms with Crippen LogP contribution in [0.3, 0.4) is 0 Å². The van der Waals surface area contributed by atoms with Crippen molar-refractivity contribution in [2.24, 2.45) is 0 Å². The van der Waals surface area contributed by atoms with Gasteiger partial charge in [-0.1, -0.05) is 42.5 Å². The zero-order valence-corrected chi connectivity index (χ0v) is 17.9. The highest BCUT2D eigenvalue weighted by Crippen LogP contribution is 2.31. The van der Waals surface area contributed by atoms with Crippen LogP contribution in [0.15, 0.2) is 94.7 Å². The fraction of sp³-hybridized carbons (Fsp3) is 0.0833. The summed E-state index contributed by atoms with van der Waals surface area (Å²) in [5, 5.41) is 4.27. The van der Waals surface area contributed by atoms with Gasteiger partial charge in [0.05, 0.1) is 23.2 Å². The average molecular weight is 450 g/mol. The largest absolute Gasteiger partial charge is 0.451 e. The van der Waals surface area contributed by atoms with Gasteiger partial charge in [0, 0.05) is 6.26 Å². The molecule has 6 nitrogen and oxygen atoms in total. The molecule has 0 saturated heterocycles. The van der Waals surface area contributed by atoms with Gasteiger partial charge >= 0.3 is 5.56 Å². The minimum atomic E-state index is -3.46. The summed E-state index contributed by atoms with van der Waals surface area (Å²) >= 11 is 0. The van der Waals surface area contributed by atoms with E-state index in [4.69, 9.17) is 4.74 Å². The first kappa shape index (κ1) is 21.5. The maximum absolute atomic E-state index is 13.3. The average Bonchev–Trinajstić information content (AvgIpc) is 2.78. The Bertz CT molecular complexity index is 1420. The molecule has 0 unspecified atom stereocenters. The number of hydrogen-bond acceptors (Lipinski definition) is 5. The van der Waals surface area contributed by atoms with Crippen LogP contribution in [0.5, 0.6) is 11.5 Å². The van der Waals surface area contributed by atoms with Crippen LogP contribution in [-0.4, -0.2) is 24.5 Å². The van der Waals surface area contributed by atoms with Crippen molar-refractivity contribution >= 4 is 9.84 Å². The molecule has 32 heavy (non-hydrogen) atoms. The Labute approximate surface area is 184 Å². The molecule has 4 rings (SSSR count). The molecule has 0 amide bonds. The van der Waals surface area contributed by atoms with Crippen molar-refractivity contribution in [3.8, 4) is 22.6 Å². The van der Waals surface area contributed by atoms with Crippen LogP contribution in [0.2, 0.25) is 0 Å². The molecular formula is C24H19FN2O4S. The first-order valence-electron chi connectivity index (χ1n) is 9.69. The number of hydrogen-bond donors (Lipinski definition) is 0. The second-order valence-electron chi connectivity index (χ2n) is 7.19. The SMILES string of the molecule is CS(=O)(=O)c1cccc(-c2cnn(Cc3ccccc3)c(=O)c2Oc2ccc(F)cc2)c1. The lowest BCUT2D eigenvalue weighted by atomic mass is 10.1. The number of ether oxygens (including phenoxy) is 1. The van der Waals surface area contributed by atoms with Crippen molar-refractivity contribution in [3.05, 3.63) is 107 Å². The molecule has 0 bridgehead atoms. The monoisotopic (exact) mass is 450 g/mol. The Hall–Kier alpha value is -3.78. The molecule has 0 saturated carbocycles. The minimum absolute atomic E-state index is 0.0341. The molecule has 1 aromatic heterocycles. The van der Waals surface area contributed by atoms with Gasteiger partial charge < -0.3 is 4.74 Å². The third-order valence-corrected chi connectivity index (χ3v) is 5.89. The van der Waals surface area contributed by atoms with Crippen LogP contribution in [-0.2, 0) is 16.4 Å². The van der Waals surface area contributed by atoms with Gasteiger partial charge in [0.1, 0.15) is 11.6 Å². The van der Waals surface area contributed by atoms with Gasteiger partial charge in [-0.15, -0.1) is 0 Å². The number of rotatable bonds is 6. The predicted molar refractivity (Wildman–Crippen MR) is 119 cm³/mol. The van der Waals surface area contributed by atoms with E-state index in [1.54, 1.807) is 12.1 Å². The van der Waals surface area contributed by atoms with Gasteiger partial charge in [0.15, 0.2) is 9.84 Å². The maximum atomic E-state index is 13.3. The van der Waals surface area contributed by atoms with Gasteiger partial charge in [-0.2, -0.15) is 5.10 Å². The molecule has 0 atom stereocenters. The van der Waals surface area contributed by atoms with Crippen molar-refractivity contribution in [2.75, 3.05) is 6.26 Å². The van der Waals surface area contributed by atoms with E-state index in [0.717, 1.165) is 11.8 Å². The molecule has 0 aliphatic carbocycles. The first-order chi connectivity index (χ1) is 15.3. The summed E-state index contributed by atoms with van der Waals surface area (Å²) in [5.41, 5.74) is 1.16. The standard InChI is InChI=1S/C24H19FN2O4S/c1-32(29,30)21-9-5-8-18(14-21)22-15-26-27(16-17-6-3-2-4-7-17)24(28)23(22)31-20-12-10-19(25)11-13-20/h2-15H,16H2,1H3. The Kier molecular flexibility index (Phi) is 5.87. The second kappa shape index (κ2) is 8.76. The van der Waals surface area contributed by atoms with E-state index in [2.05, 4.69) is 5.10 Å². The summed E-state index contributed by atoms with van der Waals surface area (Å²) in [5.74, 6) is -0.204. The second-order valence-corrected chi connectivity index (χ2v) is 9.21. The van der Waals surface area contributed by atoms with E-state index in [9.17, 15) is 17.6 Å². The fourth-order valence-corrected chi connectivity index (χ4v) is 3.83. The first-order valence-corrected chi connectivity index (χ1v) is 11.6. The van der Waals surface area contributed by atoms with E-state index in [0.29, 0.717) is 11.1 Å². The van der Waals surface area contributed by atoms with Gasteiger partial charge in [-0.3, -0.25) is 4.79 Å². The van der Waals surface area contributed by atoms with Crippen LogP contribution < -0.4 is 10.3 Å². The highest BCUT2D eigenvalue weighted by atomic mass is 32.2. The number of halogens is 1. The van der Waals surface area contributed by atoms with Crippen LogP contribution in [0, 0.1) is 5.82 Å². The number of sulfone groups is 1. The Balaban J connectivity index is 1.84. The molecule has 1 heterocycles. The van der Waals surface area contributed by atoms with Gasteiger partial charge in [-0.25, -0.2) is 17.5 Å². The van der Waals surface area contributed by atoms with Crippen molar-refractivity contribution in [1.82, 2.24) is 9.78 Å². The quantitative estimate of drug-likeness (QED) is 0.438. The van der Waals surface area contributed by atoms with E-state index >= 15 is 0 Å². The Morgan fingerprint density at radius 1 is 0.969 bits per heavy atom. The molecule has 8 heteroatoms. The number of aromatic nitrogens is 2. The van der Waals surface area contributed by atoms with E-state index < -0.39 is 21.2 Å². The zero-order valence-electron chi connectivity index (χ0n) is 17.1. The molecule has 0 N–H and O–H groups in total. The van der Waals surface area contributed by atoms with E-state index in [1.807, 2.05) is 30.3 Å². The molecular weight excluding hydrogens is 431 g/mol. The van der Waals surface area contributed by atoms with Crippen LogP contribution in [0.25, 0.3) is 11.1 Å². The molecule has 0 spiro atoms. The number of benzene rings is 3. The summed E-state index contributed by atoms with van der Waals surface area (Å²) in [7, 11) is -3.46. The fourth-order valence-electron chi connectivity index (χ4n) is 3.16. The van der Waals surface area contributed by atoms with Crippen molar-refractivity contribution in [3.63, 3.8) is 0 Å². The van der Waals surface area contributed by atoms with Crippen molar-refractivity contribution < 1.29 is 17.5 Å². The Morgan fingerprint density at radius 3 is 2.38 bits per heavy atom. The summed E-state index contributed by atoms with van der Waals surface area (Å²) in [6, 6.07) is 20.8. The predicted octanol–water partition coefficient (Wildman–Crippen LogP) is 4.29. The lowest BCUT2D eigenvalue weighted by Gasteiger charge is -2.14. The van der Waals surface area contributed by atoms with Crippen molar-refractivity contribution in [2.45, 2.75) is 11.4 Å². The van der Waals surface area contributed by atoms with Gasteiger partial charge in [0.2, 0.25) is 5.75 Å². The van der Waals surface area contributed by atoms with Crippen LogP contribution in [0.1, 0.15) is 5.56 Å². The van der Waals surface area contributed by atoms with E-state index in [-0.39, 0.29) is 22.9 Å². The lowest BCUT2D eigenvalue weighted by Crippen LogP contribution is -2.25. The van der Waals surface area contributed by atoms with Crippen LogP contribution >= 0.6 is 0 Å². The smallest absolute Gasteiger partial charge is 0.310 e. The van der Waals surface area contributed by atoms with Crippen molar-refractivity contribution in [1.29, 1.82) is 0 Å². The highest BCUT2D eigenvalue weighted by Gasteiger charge is 2.18.